The molecule has 3 aromatic heterocycles. The van der Waals surface area contributed by atoms with Gasteiger partial charge in [-0.05, 0) is 37.1 Å². The summed E-state index contributed by atoms with van der Waals surface area (Å²) in [5, 5.41) is 16.6. The van der Waals surface area contributed by atoms with Crippen LogP contribution in [-0.2, 0) is 0 Å². The number of carbonyl (C=O) groups is 1. The second-order valence-electron chi connectivity index (χ2n) is 6.01. The molecule has 1 atom stereocenters. The smallest absolute Gasteiger partial charge is 0.269 e. The monoisotopic (exact) mass is 347 g/mol. The third kappa shape index (κ3) is 2.69. The second kappa shape index (κ2) is 5.74. The van der Waals surface area contributed by atoms with Gasteiger partial charge in [0, 0.05) is 16.5 Å². The first-order valence-corrected chi connectivity index (χ1v) is 9.33. The molecule has 3 aromatic rings. The lowest BCUT2D eigenvalue weighted by Crippen LogP contribution is -2.41. The number of hydrogen-bond donors (Lipinski definition) is 2. The number of rotatable bonds is 4. The van der Waals surface area contributed by atoms with E-state index in [1.54, 1.807) is 11.3 Å². The Kier molecular flexibility index (Phi) is 3.71. The molecule has 0 aliphatic heterocycles. The minimum atomic E-state index is -0.233. The molecule has 0 aromatic carbocycles. The van der Waals surface area contributed by atoms with Crippen molar-refractivity contribution >= 4 is 33.5 Å². The van der Waals surface area contributed by atoms with Gasteiger partial charge in [-0.1, -0.05) is 6.07 Å². The van der Waals surface area contributed by atoms with Crippen molar-refractivity contribution in [2.75, 3.05) is 0 Å². The van der Waals surface area contributed by atoms with E-state index < -0.39 is 0 Å². The Bertz CT molecular complexity index is 831. The predicted molar refractivity (Wildman–Crippen MR) is 91.1 cm³/mol. The molecular weight excluding hydrogens is 330 g/mol. The zero-order valence-electron chi connectivity index (χ0n) is 12.6. The fraction of sp³-hybridized carbons (Fsp3) is 0.375. The molecule has 1 aliphatic carbocycles. The molecule has 23 heavy (non-hydrogen) atoms. The Morgan fingerprint density at radius 2 is 2.30 bits per heavy atom. The summed E-state index contributed by atoms with van der Waals surface area (Å²) in [4.78, 5) is 19.1. The van der Waals surface area contributed by atoms with Gasteiger partial charge in [-0.15, -0.1) is 22.7 Å². The minimum absolute atomic E-state index is 0.0366. The van der Waals surface area contributed by atoms with E-state index in [1.165, 1.54) is 11.3 Å². The van der Waals surface area contributed by atoms with Crippen LogP contribution in [0, 0.1) is 12.8 Å². The van der Waals surface area contributed by atoms with Gasteiger partial charge in [0.1, 0.15) is 5.69 Å². The SMILES string of the molecule is Cc1cn2c(C(=O)NC(c3cccs3)C3CC(O)C3)csc2n1. The molecule has 120 valence electrons. The van der Waals surface area contributed by atoms with Crippen molar-refractivity contribution < 1.29 is 9.90 Å². The molecule has 4 rings (SSSR count). The number of nitrogens with one attached hydrogen (secondary N) is 1. The number of nitrogens with zero attached hydrogens (tertiary/aromatic N) is 2. The molecule has 7 heteroatoms. The molecule has 5 nitrogen and oxygen atoms in total. The van der Waals surface area contributed by atoms with Gasteiger partial charge < -0.3 is 10.4 Å². The van der Waals surface area contributed by atoms with Crippen molar-refractivity contribution in [2.24, 2.45) is 5.92 Å². The third-order valence-electron chi connectivity index (χ3n) is 4.32. The van der Waals surface area contributed by atoms with E-state index in [4.69, 9.17) is 0 Å². The Morgan fingerprint density at radius 1 is 1.48 bits per heavy atom. The molecule has 0 radical (unpaired) electrons. The van der Waals surface area contributed by atoms with Crippen LogP contribution in [0.25, 0.3) is 4.96 Å². The van der Waals surface area contributed by atoms with E-state index in [9.17, 15) is 9.90 Å². The normalized spacial score (nSPS) is 22.0. The number of aryl methyl sites for hydroxylation is 1. The van der Waals surface area contributed by atoms with Crippen LogP contribution < -0.4 is 5.32 Å². The highest BCUT2D eigenvalue weighted by atomic mass is 32.1. The van der Waals surface area contributed by atoms with Crippen molar-refractivity contribution in [2.45, 2.75) is 31.9 Å². The molecule has 2 N–H and O–H groups in total. The first-order valence-electron chi connectivity index (χ1n) is 7.57. The van der Waals surface area contributed by atoms with Gasteiger partial charge in [0.2, 0.25) is 0 Å². The van der Waals surface area contributed by atoms with Crippen molar-refractivity contribution in [3.8, 4) is 0 Å². The summed E-state index contributed by atoms with van der Waals surface area (Å²) in [6.45, 7) is 1.92. The summed E-state index contributed by atoms with van der Waals surface area (Å²) >= 11 is 3.11. The number of imidazole rings is 1. The van der Waals surface area contributed by atoms with Crippen molar-refractivity contribution in [3.05, 3.63) is 45.4 Å². The number of aromatic nitrogens is 2. The van der Waals surface area contributed by atoms with E-state index in [-0.39, 0.29) is 18.1 Å². The molecule has 1 aliphatic rings. The van der Waals surface area contributed by atoms with Gasteiger partial charge in [-0.3, -0.25) is 9.20 Å². The van der Waals surface area contributed by atoms with E-state index >= 15 is 0 Å². The molecular formula is C16H17N3O2S2. The maximum Gasteiger partial charge on any atom is 0.269 e. The quantitative estimate of drug-likeness (QED) is 0.762. The predicted octanol–water partition coefficient (Wildman–Crippen LogP) is 3.01. The fourth-order valence-electron chi connectivity index (χ4n) is 3.07. The number of hydrogen-bond acceptors (Lipinski definition) is 5. The van der Waals surface area contributed by atoms with Crippen LogP contribution >= 0.6 is 22.7 Å². The Labute approximate surface area is 141 Å². The Hall–Kier alpha value is -1.70. The van der Waals surface area contributed by atoms with Crippen LogP contribution in [0.1, 0.15) is 39.9 Å². The lowest BCUT2D eigenvalue weighted by molar-refractivity contribution is 0.0240. The zero-order chi connectivity index (χ0) is 16.0. The van der Waals surface area contributed by atoms with Crippen LogP contribution in [0.4, 0.5) is 0 Å². The maximum atomic E-state index is 12.7. The number of aliphatic hydroxyl groups excluding tert-OH is 1. The van der Waals surface area contributed by atoms with Gasteiger partial charge in [0.05, 0.1) is 17.8 Å². The van der Waals surface area contributed by atoms with E-state index in [2.05, 4.69) is 10.3 Å². The van der Waals surface area contributed by atoms with Crippen LogP contribution in [0.15, 0.2) is 29.1 Å². The zero-order valence-corrected chi connectivity index (χ0v) is 14.2. The largest absolute Gasteiger partial charge is 0.393 e. The molecule has 0 spiro atoms. The average Bonchev–Trinajstić information content (AvgIpc) is 3.17. The molecule has 0 saturated heterocycles. The second-order valence-corrected chi connectivity index (χ2v) is 7.82. The first-order chi connectivity index (χ1) is 11.1. The number of thiophene rings is 1. The van der Waals surface area contributed by atoms with Gasteiger partial charge in [-0.25, -0.2) is 4.98 Å². The first kappa shape index (κ1) is 14.9. The average molecular weight is 347 g/mol. The van der Waals surface area contributed by atoms with E-state index in [1.807, 2.05) is 40.4 Å². The highest BCUT2D eigenvalue weighted by Crippen LogP contribution is 2.39. The summed E-state index contributed by atoms with van der Waals surface area (Å²) in [5.41, 5.74) is 1.52. The third-order valence-corrected chi connectivity index (χ3v) is 6.11. The molecule has 3 heterocycles. The van der Waals surface area contributed by atoms with E-state index in [0.717, 1.165) is 28.4 Å². The van der Waals surface area contributed by atoms with Crippen molar-refractivity contribution in [3.63, 3.8) is 0 Å². The summed E-state index contributed by atoms with van der Waals surface area (Å²) in [6.07, 6.45) is 3.13. The minimum Gasteiger partial charge on any atom is -0.393 e. The number of thiazole rings is 1. The highest BCUT2D eigenvalue weighted by molar-refractivity contribution is 7.15. The number of fused-ring (bicyclic) bond motifs is 1. The lowest BCUT2D eigenvalue weighted by atomic mass is 9.76. The van der Waals surface area contributed by atoms with E-state index in [0.29, 0.717) is 11.6 Å². The number of amides is 1. The number of carbonyl (C=O) groups excluding carboxylic acids is 1. The standard InChI is InChI=1S/C16H17N3O2S2/c1-9-7-19-12(8-23-16(19)17-9)15(21)18-14(10-5-11(20)6-10)13-3-2-4-22-13/h2-4,7-8,10-11,14,20H,5-6H2,1H3,(H,18,21). The van der Waals surface area contributed by atoms with Gasteiger partial charge >= 0.3 is 0 Å². The maximum absolute atomic E-state index is 12.7. The summed E-state index contributed by atoms with van der Waals surface area (Å²) in [5.74, 6) is 0.208. The summed E-state index contributed by atoms with van der Waals surface area (Å²) < 4.78 is 1.84. The summed E-state index contributed by atoms with van der Waals surface area (Å²) in [6, 6.07) is 4.01. The molecule has 1 saturated carbocycles. The van der Waals surface area contributed by atoms with Crippen LogP contribution in [0.3, 0.4) is 0 Å². The van der Waals surface area contributed by atoms with Gasteiger partial charge in [0.15, 0.2) is 4.96 Å². The molecule has 1 amide bonds. The molecule has 1 fully saturated rings. The Balaban J connectivity index is 1.59. The molecule has 1 unspecified atom stereocenters. The highest BCUT2D eigenvalue weighted by Gasteiger charge is 2.36. The Morgan fingerprint density at radius 3 is 3.00 bits per heavy atom. The van der Waals surface area contributed by atoms with Crippen molar-refractivity contribution in [1.82, 2.24) is 14.7 Å². The molecule has 0 bridgehead atoms. The number of aliphatic hydroxyl groups is 1. The van der Waals surface area contributed by atoms with Crippen LogP contribution in [0.5, 0.6) is 0 Å². The fourth-order valence-corrected chi connectivity index (χ4v) is 4.83. The van der Waals surface area contributed by atoms with Crippen LogP contribution in [-0.4, -0.2) is 26.5 Å². The summed E-state index contributed by atoms with van der Waals surface area (Å²) in [7, 11) is 0. The van der Waals surface area contributed by atoms with Gasteiger partial charge in [-0.2, -0.15) is 0 Å². The lowest BCUT2D eigenvalue weighted by Gasteiger charge is -2.37. The van der Waals surface area contributed by atoms with Crippen LogP contribution in [0.2, 0.25) is 0 Å². The van der Waals surface area contributed by atoms with Gasteiger partial charge in [0.25, 0.3) is 5.91 Å². The van der Waals surface area contributed by atoms with Crippen molar-refractivity contribution in [1.29, 1.82) is 0 Å². The topological polar surface area (TPSA) is 66.6 Å².